The van der Waals surface area contributed by atoms with Crippen LogP contribution in [0.3, 0.4) is 0 Å². The minimum Gasteiger partial charge on any atom is -0.293 e. The van der Waals surface area contributed by atoms with E-state index in [0.29, 0.717) is 17.8 Å². The van der Waals surface area contributed by atoms with Crippen LogP contribution < -0.4 is 0 Å². The minimum atomic E-state index is -1.45. The van der Waals surface area contributed by atoms with Crippen molar-refractivity contribution in [3.05, 3.63) is 42.2 Å². The van der Waals surface area contributed by atoms with Crippen molar-refractivity contribution in [1.29, 1.82) is 0 Å². The lowest BCUT2D eigenvalue weighted by atomic mass is 10.2. The molecule has 20 heavy (non-hydrogen) atoms. The SMILES string of the molecule is Fc1cc(CN2C[C@@H](F)[C@@H](F)C2)ccc1-n1cncn1. The Kier molecular flexibility index (Phi) is 3.43. The molecule has 0 bridgehead atoms. The highest BCUT2D eigenvalue weighted by Crippen LogP contribution is 2.20. The van der Waals surface area contributed by atoms with Crippen LogP contribution in [0.1, 0.15) is 5.56 Å². The van der Waals surface area contributed by atoms with Crippen LogP contribution in [0.15, 0.2) is 30.9 Å². The Morgan fingerprint density at radius 3 is 2.55 bits per heavy atom. The van der Waals surface area contributed by atoms with Crippen molar-refractivity contribution in [2.75, 3.05) is 13.1 Å². The first-order valence-electron chi connectivity index (χ1n) is 6.27. The molecule has 7 heteroatoms. The number of hydrogen-bond donors (Lipinski definition) is 0. The van der Waals surface area contributed by atoms with Gasteiger partial charge in [0.05, 0.1) is 0 Å². The summed E-state index contributed by atoms with van der Waals surface area (Å²) in [7, 11) is 0. The maximum absolute atomic E-state index is 14.0. The second-order valence-electron chi connectivity index (χ2n) is 4.85. The molecule has 4 nitrogen and oxygen atoms in total. The zero-order chi connectivity index (χ0) is 14.1. The lowest BCUT2D eigenvalue weighted by Crippen LogP contribution is -2.20. The second kappa shape index (κ2) is 5.24. The van der Waals surface area contributed by atoms with E-state index in [-0.39, 0.29) is 13.1 Å². The van der Waals surface area contributed by atoms with E-state index in [9.17, 15) is 13.2 Å². The van der Waals surface area contributed by atoms with Gasteiger partial charge in [0.1, 0.15) is 36.5 Å². The molecule has 0 N–H and O–H groups in total. The molecule has 106 valence electrons. The number of hydrogen-bond acceptors (Lipinski definition) is 3. The quantitative estimate of drug-likeness (QED) is 0.862. The van der Waals surface area contributed by atoms with Crippen LogP contribution in [0.4, 0.5) is 13.2 Å². The van der Waals surface area contributed by atoms with Crippen LogP contribution in [0.2, 0.25) is 0 Å². The molecule has 0 amide bonds. The average Bonchev–Trinajstić information content (AvgIpc) is 3.01. The highest BCUT2D eigenvalue weighted by Gasteiger charge is 2.32. The molecule has 2 atom stereocenters. The van der Waals surface area contributed by atoms with E-state index < -0.39 is 18.2 Å². The molecule has 1 saturated heterocycles. The van der Waals surface area contributed by atoms with Crippen molar-refractivity contribution in [1.82, 2.24) is 19.7 Å². The third-order valence-corrected chi connectivity index (χ3v) is 3.34. The maximum Gasteiger partial charge on any atom is 0.149 e. The molecule has 0 spiro atoms. The van der Waals surface area contributed by atoms with Crippen LogP contribution in [0, 0.1) is 5.82 Å². The molecular formula is C13H13F3N4. The van der Waals surface area contributed by atoms with Crippen LogP contribution in [0.25, 0.3) is 5.69 Å². The van der Waals surface area contributed by atoms with Gasteiger partial charge < -0.3 is 0 Å². The van der Waals surface area contributed by atoms with E-state index >= 15 is 0 Å². The molecule has 3 rings (SSSR count). The molecule has 2 heterocycles. The van der Waals surface area contributed by atoms with Crippen molar-refractivity contribution in [3.63, 3.8) is 0 Å². The van der Waals surface area contributed by atoms with Crippen molar-refractivity contribution in [3.8, 4) is 5.69 Å². The van der Waals surface area contributed by atoms with E-state index in [2.05, 4.69) is 10.1 Å². The van der Waals surface area contributed by atoms with Crippen LogP contribution >= 0.6 is 0 Å². The van der Waals surface area contributed by atoms with E-state index in [1.807, 2.05) is 0 Å². The van der Waals surface area contributed by atoms with Crippen molar-refractivity contribution in [2.45, 2.75) is 18.9 Å². The van der Waals surface area contributed by atoms with Gasteiger partial charge in [-0.05, 0) is 17.7 Å². The summed E-state index contributed by atoms with van der Waals surface area (Å²) in [5.41, 5.74) is 0.965. The fraction of sp³-hybridized carbons (Fsp3) is 0.385. The minimum absolute atomic E-state index is 0.0492. The molecule has 0 saturated carbocycles. The molecule has 0 aliphatic carbocycles. The summed E-state index contributed by atoms with van der Waals surface area (Å²) < 4.78 is 41.5. The molecule has 1 aliphatic heterocycles. The Bertz CT molecular complexity index is 577. The summed E-state index contributed by atoms with van der Waals surface area (Å²) in [6, 6.07) is 4.66. The molecule has 1 aromatic heterocycles. The third-order valence-electron chi connectivity index (χ3n) is 3.34. The van der Waals surface area contributed by atoms with Crippen molar-refractivity contribution in [2.24, 2.45) is 0 Å². The predicted octanol–water partition coefficient (Wildman–Crippen LogP) is 1.90. The number of likely N-dealkylation sites (tertiary alicyclic amines) is 1. The van der Waals surface area contributed by atoms with Gasteiger partial charge in [0.25, 0.3) is 0 Å². The highest BCUT2D eigenvalue weighted by atomic mass is 19.2. The molecule has 0 unspecified atom stereocenters. The highest BCUT2D eigenvalue weighted by molar-refractivity contribution is 5.35. The average molecular weight is 282 g/mol. The van der Waals surface area contributed by atoms with Gasteiger partial charge in [-0.2, -0.15) is 5.10 Å². The van der Waals surface area contributed by atoms with Gasteiger partial charge in [-0.15, -0.1) is 0 Å². The summed E-state index contributed by atoms with van der Waals surface area (Å²) in [6.45, 7) is 0.427. The summed E-state index contributed by atoms with van der Waals surface area (Å²) in [5.74, 6) is -0.444. The summed E-state index contributed by atoms with van der Waals surface area (Å²) >= 11 is 0. The summed E-state index contributed by atoms with van der Waals surface area (Å²) in [6.07, 6.45) is -0.177. The van der Waals surface area contributed by atoms with E-state index in [1.54, 1.807) is 17.0 Å². The zero-order valence-electron chi connectivity index (χ0n) is 10.6. The first-order valence-corrected chi connectivity index (χ1v) is 6.27. The van der Waals surface area contributed by atoms with E-state index in [4.69, 9.17) is 0 Å². The van der Waals surface area contributed by atoms with Crippen LogP contribution in [-0.2, 0) is 6.54 Å². The van der Waals surface area contributed by atoms with Gasteiger partial charge in [-0.25, -0.2) is 22.8 Å². The van der Waals surface area contributed by atoms with Crippen LogP contribution in [-0.4, -0.2) is 45.1 Å². The van der Waals surface area contributed by atoms with Gasteiger partial charge in [0.15, 0.2) is 0 Å². The van der Waals surface area contributed by atoms with Gasteiger partial charge >= 0.3 is 0 Å². The lowest BCUT2D eigenvalue weighted by molar-refractivity contribution is 0.217. The number of rotatable bonds is 3. The van der Waals surface area contributed by atoms with Gasteiger partial charge in [0.2, 0.25) is 0 Å². The number of aromatic nitrogens is 3. The molecule has 1 aromatic carbocycles. The smallest absolute Gasteiger partial charge is 0.149 e. The Morgan fingerprint density at radius 1 is 1.20 bits per heavy atom. The molecule has 2 aromatic rings. The normalized spacial score (nSPS) is 23.4. The summed E-state index contributed by atoms with van der Waals surface area (Å²) in [4.78, 5) is 5.39. The van der Waals surface area contributed by atoms with Gasteiger partial charge in [-0.3, -0.25) is 4.90 Å². The lowest BCUT2D eigenvalue weighted by Gasteiger charge is -2.14. The van der Waals surface area contributed by atoms with Crippen LogP contribution in [0.5, 0.6) is 0 Å². The topological polar surface area (TPSA) is 34.0 Å². The molecule has 1 aliphatic rings. The molecule has 0 radical (unpaired) electrons. The molecular weight excluding hydrogens is 269 g/mol. The maximum atomic E-state index is 14.0. The largest absolute Gasteiger partial charge is 0.293 e. The number of halogens is 3. The van der Waals surface area contributed by atoms with Crippen molar-refractivity contribution >= 4 is 0 Å². The fourth-order valence-electron chi connectivity index (χ4n) is 2.35. The van der Waals surface area contributed by atoms with Gasteiger partial charge in [-0.1, -0.05) is 6.07 Å². The standard InChI is InChI=1S/C13H13F3N4/c14-10-3-9(4-19-5-11(15)12(16)6-19)1-2-13(10)20-8-17-7-18-20/h1-3,7-8,11-12H,4-6H2/t11-,12+. The first kappa shape index (κ1) is 13.1. The Labute approximate surface area is 113 Å². The van der Waals surface area contributed by atoms with E-state index in [1.165, 1.54) is 23.4 Å². The monoisotopic (exact) mass is 282 g/mol. The summed E-state index contributed by atoms with van der Waals surface area (Å²) in [5, 5.41) is 3.86. The Morgan fingerprint density at radius 2 is 1.95 bits per heavy atom. The van der Waals surface area contributed by atoms with E-state index in [0.717, 1.165) is 0 Å². The van der Waals surface area contributed by atoms with Gasteiger partial charge in [0, 0.05) is 19.6 Å². The number of benzene rings is 1. The molecule has 1 fully saturated rings. The number of nitrogens with zero attached hydrogens (tertiary/aromatic N) is 4. The second-order valence-corrected chi connectivity index (χ2v) is 4.85. The Hall–Kier alpha value is -1.89. The fourth-order valence-corrected chi connectivity index (χ4v) is 2.35. The van der Waals surface area contributed by atoms with Crippen molar-refractivity contribution < 1.29 is 13.2 Å². The Balaban J connectivity index is 1.74. The predicted molar refractivity (Wildman–Crippen MR) is 66.4 cm³/mol. The third kappa shape index (κ3) is 2.53. The first-order chi connectivity index (χ1) is 9.63. The zero-order valence-corrected chi connectivity index (χ0v) is 10.6. The number of alkyl halides is 2.